The molecular weight excluding hydrogens is 314 g/mol. The Morgan fingerprint density at radius 3 is 2.92 bits per heavy atom. The van der Waals surface area contributed by atoms with Gasteiger partial charge in [-0.25, -0.2) is 0 Å². The fourth-order valence-electron chi connectivity index (χ4n) is 1.82. The third-order valence-corrected chi connectivity index (χ3v) is 2.87. The van der Waals surface area contributed by atoms with Gasteiger partial charge in [-0.1, -0.05) is 6.07 Å². The standard InChI is InChI=1S/C15H15N5O4/c1-2-24-13-8-10(7-12(14(13)21)20(22)23)9-18-19-15(16)11-5-3-4-6-17-11/h3-9,21H,2H2,1H3,(H2,16,19). The molecule has 0 saturated carbocycles. The summed E-state index contributed by atoms with van der Waals surface area (Å²) in [6.45, 7) is 1.94. The molecule has 9 heteroatoms. The van der Waals surface area contributed by atoms with Gasteiger partial charge in [0, 0.05) is 17.8 Å². The van der Waals surface area contributed by atoms with Crippen LogP contribution in [0.15, 0.2) is 46.7 Å². The number of aromatic nitrogens is 1. The Bertz CT molecular complexity index is 790. The average Bonchev–Trinajstić information content (AvgIpc) is 2.58. The molecule has 0 aliphatic heterocycles. The van der Waals surface area contributed by atoms with Gasteiger partial charge in [0.25, 0.3) is 0 Å². The number of nitrogens with two attached hydrogens (primary N) is 1. The molecule has 0 radical (unpaired) electrons. The van der Waals surface area contributed by atoms with E-state index in [1.807, 2.05) is 0 Å². The van der Waals surface area contributed by atoms with Gasteiger partial charge in [0.05, 0.1) is 17.7 Å². The number of phenols is 1. The fraction of sp³-hybridized carbons (Fsp3) is 0.133. The summed E-state index contributed by atoms with van der Waals surface area (Å²) >= 11 is 0. The van der Waals surface area contributed by atoms with E-state index >= 15 is 0 Å². The molecule has 1 aromatic carbocycles. The number of nitrogens with zero attached hydrogens (tertiary/aromatic N) is 4. The molecule has 0 spiro atoms. The molecular formula is C15H15N5O4. The molecule has 0 fully saturated rings. The molecule has 0 saturated heterocycles. The molecule has 0 aliphatic carbocycles. The average molecular weight is 329 g/mol. The van der Waals surface area contributed by atoms with Crippen molar-refractivity contribution in [1.29, 1.82) is 0 Å². The van der Waals surface area contributed by atoms with E-state index in [-0.39, 0.29) is 18.2 Å². The van der Waals surface area contributed by atoms with Crippen molar-refractivity contribution in [3.63, 3.8) is 0 Å². The molecule has 9 nitrogen and oxygen atoms in total. The zero-order valence-corrected chi connectivity index (χ0v) is 12.8. The first-order valence-corrected chi connectivity index (χ1v) is 6.95. The van der Waals surface area contributed by atoms with Gasteiger partial charge in [-0.2, -0.15) is 5.10 Å². The monoisotopic (exact) mass is 329 g/mol. The van der Waals surface area contributed by atoms with Gasteiger partial charge >= 0.3 is 5.69 Å². The van der Waals surface area contributed by atoms with Crippen LogP contribution in [0, 0.1) is 10.1 Å². The van der Waals surface area contributed by atoms with Crippen molar-refractivity contribution in [1.82, 2.24) is 4.98 Å². The minimum absolute atomic E-state index is 0.00479. The van der Waals surface area contributed by atoms with E-state index in [9.17, 15) is 15.2 Å². The maximum atomic E-state index is 11.0. The largest absolute Gasteiger partial charge is 0.500 e. The molecule has 0 unspecified atom stereocenters. The summed E-state index contributed by atoms with van der Waals surface area (Å²) in [5, 5.41) is 28.4. The smallest absolute Gasteiger partial charge is 0.315 e. The van der Waals surface area contributed by atoms with Crippen molar-refractivity contribution in [3.05, 3.63) is 57.9 Å². The Kier molecular flexibility index (Phi) is 5.40. The predicted molar refractivity (Wildman–Crippen MR) is 88.5 cm³/mol. The molecule has 0 bridgehead atoms. The predicted octanol–water partition coefficient (Wildman–Crippen LogP) is 1.83. The van der Waals surface area contributed by atoms with Crippen molar-refractivity contribution < 1.29 is 14.8 Å². The molecule has 0 amide bonds. The Hall–Kier alpha value is -3.49. The Labute approximate surface area is 137 Å². The molecule has 2 aromatic rings. The third kappa shape index (κ3) is 4.03. The maximum absolute atomic E-state index is 11.0. The number of hydrogen-bond acceptors (Lipinski definition) is 7. The summed E-state index contributed by atoms with van der Waals surface area (Å²) in [7, 11) is 0. The number of benzene rings is 1. The van der Waals surface area contributed by atoms with Gasteiger partial charge in [0.2, 0.25) is 5.75 Å². The normalized spacial score (nSPS) is 11.6. The van der Waals surface area contributed by atoms with E-state index in [0.29, 0.717) is 11.3 Å². The highest BCUT2D eigenvalue weighted by atomic mass is 16.6. The van der Waals surface area contributed by atoms with Gasteiger partial charge in [0.1, 0.15) is 5.69 Å². The summed E-state index contributed by atoms with van der Waals surface area (Å²) < 4.78 is 5.18. The first kappa shape index (κ1) is 16.9. The van der Waals surface area contributed by atoms with Gasteiger partial charge < -0.3 is 15.6 Å². The van der Waals surface area contributed by atoms with Crippen LogP contribution in [-0.2, 0) is 0 Å². The number of nitro groups is 1. The number of ether oxygens (including phenoxy) is 1. The Morgan fingerprint density at radius 1 is 1.50 bits per heavy atom. The highest BCUT2D eigenvalue weighted by Crippen LogP contribution is 2.36. The summed E-state index contributed by atoms with van der Waals surface area (Å²) in [5.74, 6) is -0.435. The van der Waals surface area contributed by atoms with Crippen LogP contribution < -0.4 is 10.5 Å². The van der Waals surface area contributed by atoms with Gasteiger partial charge in [-0.3, -0.25) is 15.1 Å². The SMILES string of the molecule is CCOc1cc(C=NN=C(N)c2ccccn2)cc([N+](=O)[O-])c1O. The van der Waals surface area contributed by atoms with Crippen LogP contribution in [0.5, 0.6) is 11.5 Å². The molecule has 1 aromatic heterocycles. The van der Waals surface area contributed by atoms with Crippen molar-refractivity contribution >= 4 is 17.7 Å². The summed E-state index contributed by atoms with van der Waals surface area (Å²) in [4.78, 5) is 14.3. The Morgan fingerprint density at radius 2 is 2.29 bits per heavy atom. The topological polar surface area (TPSA) is 136 Å². The second-order valence-electron chi connectivity index (χ2n) is 4.52. The second-order valence-corrected chi connectivity index (χ2v) is 4.52. The maximum Gasteiger partial charge on any atom is 0.315 e. The van der Waals surface area contributed by atoms with E-state index in [2.05, 4.69) is 15.2 Å². The molecule has 0 aliphatic rings. The fourth-order valence-corrected chi connectivity index (χ4v) is 1.82. The minimum atomic E-state index is -0.708. The van der Waals surface area contributed by atoms with E-state index in [1.165, 1.54) is 12.3 Å². The van der Waals surface area contributed by atoms with Gasteiger partial charge in [-0.15, -0.1) is 5.10 Å². The lowest BCUT2D eigenvalue weighted by Crippen LogP contribution is -2.14. The number of rotatable bonds is 6. The van der Waals surface area contributed by atoms with Crippen LogP contribution in [0.4, 0.5) is 5.69 Å². The molecule has 2 rings (SSSR count). The summed E-state index contributed by atoms with van der Waals surface area (Å²) in [5.41, 5.74) is 6.05. The quantitative estimate of drug-likeness (QED) is 0.359. The van der Waals surface area contributed by atoms with Crippen molar-refractivity contribution in [3.8, 4) is 11.5 Å². The third-order valence-electron chi connectivity index (χ3n) is 2.87. The van der Waals surface area contributed by atoms with Crippen LogP contribution in [0.25, 0.3) is 0 Å². The van der Waals surface area contributed by atoms with Crippen LogP contribution in [0.2, 0.25) is 0 Å². The second kappa shape index (κ2) is 7.68. The van der Waals surface area contributed by atoms with E-state index in [4.69, 9.17) is 10.5 Å². The summed E-state index contributed by atoms with van der Waals surface area (Å²) in [6.07, 6.45) is 2.84. The number of pyridine rings is 1. The molecule has 3 N–H and O–H groups in total. The lowest BCUT2D eigenvalue weighted by molar-refractivity contribution is -0.386. The van der Waals surface area contributed by atoms with E-state index in [0.717, 1.165) is 6.07 Å². The number of aromatic hydroxyl groups is 1. The zero-order chi connectivity index (χ0) is 17.5. The molecule has 0 atom stereocenters. The molecule has 1 heterocycles. The molecule has 124 valence electrons. The van der Waals surface area contributed by atoms with Gasteiger partial charge in [0.15, 0.2) is 11.6 Å². The van der Waals surface area contributed by atoms with Crippen molar-refractivity contribution in [2.24, 2.45) is 15.9 Å². The first-order chi connectivity index (χ1) is 11.5. The van der Waals surface area contributed by atoms with Gasteiger partial charge in [-0.05, 0) is 25.1 Å². The Balaban J connectivity index is 2.30. The molecule has 24 heavy (non-hydrogen) atoms. The van der Waals surface area contributed by atoms with Crippen LogP contribution in [-0.4, -0.2) is 33.7 Å². The van der Waals surface area contributed by atoms with Crippen LogP contribution >= 0.6 is 0 Å². The van der Waals surface area contributed by atoms with Crippen LogP contribution in [0.3, 0.4) is 0 Å². The van der Waals surface area contributed by atoms with E-state index < -0.39 is 16.4 Å². The minimum Gasteiger partial charge on any atom is -0.500 e. The summed E-state index contributed by atoms with van der Waals surface area (Å²) in [6, 6.07) is 7.75. The van der Waals surface area contributed by atoms with Crippen LogP contribution in [0.1, 0.15) is 18.2 Å². The number of hydrogen-bond donors (Lipinski definition) is 2. The number of amidine groups is 1. The lowest BCUT2D eigenvalue weighted by Gasteiger charge is -2.06. The zero-order valence-electron chi connectivity index (χ0n) is 12.8. The number of phenolic OH excluding ortho intramolecular Hbond substituents is 1. The first-order valence-electron chi connectivity index (χ1n) is 6.95. The van der Waals surface area contributed by atoms with E-state index in [1.54, 1.807) is 31.3 Å². The number of nitro benzene ring substituents is 1. The van der Waals surface area contributed by atoms with Crippen molar-refractivity contribution in [2.75, 3.05) is 6.61 Å². The highest BCUT2D eigenvalue weighted by molar-refractivity contribution is 5.96. The highest BCUT2D eigenvalue weighted by Gasteiger charge is 2.19. The van der Waals surface area contributed by atoms with Crippen molar-refractivity contribution in [2.45, 2.75) is 6.92 Å². The lowest BCUT2D eigenvalue weighted by atomic mass is 10.2.